The van der Waals surface area contributed by atoms with E-state index in [0.29, 0.717) is 18.9 Å². The van der Waals surface area contributed by atoms with Crippen LogP contribution in [0.15, 0.2) is 0 Å². The third-order valence-electron chi connectivity index (χ3n) is 3.93. The Morgan fingerprint density at radius 1 is 1.39 bits per heavy atom. The van der Waals surface area contributed by atoms with E-state index in [1.807, 2.05) is 0 Å². The zero-order chi connectivity index (χ0) is 13.4. The van der Waals surface area contributed by atoms with Crippen LogP contribution in [0.4, 0.5) is 0 Å². The Labute approximate surface area is 110 Å². The predicted octanol–water partition coefficient (Wildman–Crippen LogP) is 1.56. The van der Waals surface area contributed by atoms with Gasteiger partial charge >= 0.3 is 0 Å². The highest BCUT2D eigenvalue weighted by atomic mass is 16.3. The van der Waals surface area contributed by atoms with Crippen LogP contribution in [0, 0.1) is 5.92 Å². The first-order valence-corrected chi connectivity index (χ1v) is 7.26. The highest BCUT2D eigenvalue weighted by molar-refractivity contribution is 5.77. The van der Waals surface area contributed by atoms with Crippen LogP contribution in [0.25, 0.3) is 0 Å². The van der Waals surface area contributed by atoms with Crippen LogP contribution in [0.2, 0.25) is 0 Å². The summed E-state index contributed by atoms with van der Waals surface area (Å²) in [7, 11) is 0. The Bertz CT molecular complexity index is 244. The minimum absolute atomic E-state index is 0.0680. The Morgan fingerprint density at radius 2 is 2.06 bits per heavy atom. The number of rotatable bonds is 8. The summed E-state index contributed by atoms with van der Waals surface area (Å²) < 4.78 is 0. The van der Waals surface area contributed by atoms with E-state index in [4.69, 9.17) is 10.8 Å². The van der Waals surface area contributed by atoms with E-state index in [-0.39, 0.29) is 18.1 Å². The van der Waals surface area contributed by atoms with Crippen LogP contribution in [-0.4, -0.2) is 29.7 Å². The first-order valence-electron chi connectivity index (χ1n) is 7.26. The first-order chi connectivity index (χ1) is 8.59. The number of nitrogens with one attached hydrogen (secondary N) is 1. The van der Waals surface area contributed by atoms with Crippen LogP contribution in [-0.2, 0) is 4.79 Å². The molecule has 0 spiro atoms. The number of nitrogens with two attached hydrogens (primary N) is 1. The second kappa shape index (κ2) is 7.74. The second-order valence-corrected chi connectivity index (χ2v) is 5.72. The largest absolute Gasteiger partial charge is 0.396 e. The van der Waals surface area contributed by atoms with E-state index in [1.165, 1.54) is 0 Å². The fourth-order valence-electron chi connectivity index (χ4n) is 2.84. The number of hydrogen-bond acceptors (Lipinski definition) is 3. The van der Waals surface area contributed by atoms with Crippen molar-refractivity contribution >= 4 is 5.91 Å². The molecule has 18 heavy (non-hydrogen) atoms. The lowest BCUT2D eigenvalue weighted by atomic mass is 9.94. The summed E-state index contributed by atoms with van der Waals surface area (Å²) in [4.78, 5) is 11.9. The number of aliphatic hydroxyl groups excluding tert-OH is 1. The van der Waals surface area contributed by atoms with Gasteiger partial charge in [0.25, 0.3) is 0 Å². The lowest BCUT2D eigenvalue weighted by molar-refractivity contribution is -0.122. The molecular formula is C14H28N2O2. The normalized spacial score (nSPS) is 19.7. The summed E-state index contributed by atoms with van der Waals surface area (Å²) in [6.45, 7) is 2.99. The van der Waals surface area contributed by atoms with Crippen LogP contribution in [0.3, 0.4) is 0 Å². The molecule has 106 valence electrons. The van der Waals surface area contributed by atoms with E-state index < -0.39 is 0 Å². The third kappa shape index (κ3) is 5.36. The van der Waals surface area contributed by atoms with Crippen molar-refractivity contribution in [1.82, 2.24) is 5.32 Å². The molecule has 0 aliphatic heterocycles. The zero-order valence-corrected chi connectivity index (χ0v) is 11.6. The van der Waals surface area contributed by atoms with E-state index >= 15 is 0 Å². The fourth-order valence-corrected chi connectivity index (χ4v) is 2.84. The summed E-state index contributed by atoms with van der Waals surface area (Å²) in [5.41, 5.74) is 5.92. The highest BCUT2D eigenvalue weighted by Crippen LogP contribution is 2.29. The Hall–Kier alpha value is -0.610. The highest BCUT2D eigenvalue weighted by Gasteiger charge is 2.31. The molecule has 4 N–H and O–H groups in total. The van der Waals surface area contributed by atoms with Gasteiger partial charge in [0.1, 0.15) is 0 Å². The first kappa shape index (κ1) is 15.4. The third-order valence-corrected chi connectivity index (χ3v) is 3.93. The van der Waals surface area contributed by atoms with Crippen LogP contribution < -0.4 is 11.1 Å². The van der Waals surface area contributed by atoms with Gasteiger partial charge in [0.2, 0.25) is 5.91 Å². The lowest BCUT2D eigenvalue weighted by Gasteiger charge is -2.23. The summed E-state index contributed by atoms with van der Waals surface area (Å²) in [6.07, 6.45) is 7.58. The predicted molar refractivity (Wildman–Crippen MR) is 73.1 cm³/mol. The van der Waals surface area contributed by atoms with Crippen molar-refractivity contribution in [1.29, 1.82) is 0 Å². The number of hydrogen-bond donors (Lipinski definition) is 3. The number of carbonyl (C=O) groups is 1. The van der Waals surface area contributed by atoms with Gasteiger partial charge in [0.05, 0.1) is 0 Å². The zero-order valence-electron chi connectivity index (χ0n) is 11.6. The molecule has 1 atom stereocenters. The summed E-state index contributed by atoms with van der Waals surface area (Å²) in [5.74, 6) is 0.458. The summed E-state index contributed by atoms with van der Waals surface area (Å²) >= 11 is 0. The van der Waals surface area contributed by atoms with Gasteiger partial charge in [-0.2, -0.15) is 0 Å². The fraction of sp³-hybridized carbons (Fsp3) is 0.929. The molecule has 0 aromatic rings. The minimum Gasteiger partial charge on any atom is -0.396 e. The van der Waals surface area contributed by atoms with E-state index in [1.54, 1.807) is 0 Å². The molecule has 1 fully saturated rings. The van der Waals surface area contributed by atoms with Gasteiger partial charge < -0.3 is 16.2 Å². The molecule has 0 bridgehead atoms. The molecule has 0 saturated heterocycles. The molecule has 0 aromatic heterocycles. The molecule has 1 unspecified atom stereocenters. The van der Waals surface area contributed by atoms with Crippen LogP contribution in [0.1, 0.15) is 58.3 Å². The Kier molecular flexibility index (Phi) is 6.65. The monoisotopic (exact) mass is 256 g/mol. The quantitative estimate of drug-likeness (QED) is 0.617. The van der Waals surface area contributed by atoms with Crippen molar-refractivity contribution in [3.63, 3.8) is 0 Å². The maximum absolute atomic E-state index is 11.9. The second-order valence-electron chi connectivity index (χ2n) is 5.72. The number of amides is 1. The van der Waals surface area contributed by atoms with Crippen molar-refractivity contribution in [3.8, 4) is 0 Å². The van der Waals surface area contributed by atoms with Gasteiger partial charge in [-0.3, -0.25) is 4.79 Å². The Balaban J connectivity index is 2.26. The van der Waals surface area contributed by atoms with Crippen LogP contribution >= 0.6 is 0 Å². The lowest BCUT2D eigenvalue weighted by Crippen LogP contribution is -2.43. The van der Waals surface area contributed by atoms with E-state index in [0.717, 1.165) is 44.9 Å². The molecule has 0 heterocycles. The topological polar surface area (TPSA) is 75.3 Å². The molecule has 1 saturated carbocycles. The SMILES string of the molecule is CCCC(CCO)CNC(=O)CC1(N)CCCC1. The van der Waals surface area contributed by atoms with Gasteiger partial charge in [0, 0.05) is 25.1 Å². The summed E-state index contributed by atoms with van der Waals surface area (Å²) in [6, 6.07) is 0. The van der Waals surface area contributed by atoms with Crippen molar-refractivity contribution in [2.24, 2.45) is 11.7 Å². The van der Waals surface area contributed by atoms with E-state index in [9.17, 15) is 4.79 Å². The Morgan fingerprint density at radius 3 is 2.61 bits per heavy atom. The van der Waals surface area contributed by atoms with Crippen molar-refractivity contribution in [3.05, 3.63) is 0 Å². The number of carbonyl (C=O) groups excluding carboxylic acids is 1. The molecule has 0 radical (unpaired) electrons. The maximum Gasteiger partial charge on any atom is 0.221 e. The molecule has 1 aliphatic rings. The standard InChI is InChI=1S/C14H28N2O2/c1-2-5-12(6-9-17)11-16-13(18)10-14(15)7-3-4-8-14/h12,17H,2-11,15H2,1H3,(H,16,18). The minimum atomic E-state index is -0.263. The maximum atomic E-state index is 11.9. The van der Waals surface area contributed by atoms with Crippen LogP contribution in [0.5, 0.6) is 0 Å². The molecule has 1 aliphatic carbocycles. The molecule has 4 heteroatoms. The van der Waals surface area contributed by atoms with Gasteiger partial charge in [-0.25, -0.2) is 0 Å². The van der Waals surface area contributed by atoms with Crippen molar-refractivity contribution in [2.75, 3.05) is 13.2 Å². The summed E-state index contributed by atoms with van der Waals surface area (Å²) in [5, 5.41) is 11.9. The molecule has 1 rings (SSSR count). The van der Waals surface area contributed by atoms with Crippen molar-refractivity contribution < 1.29 is 9.90 Å². The molecular weight excluding hydrogens is 228 g/mol. The number of aliphatic hydroxyl groups is 1. The van der Waals surface area contributed by atoms with Gasteiger partial charge in [-0.1, -0.05) is 26.2 Å². The average molecular weight is 256 g/mol. The van der Waals surface area contributed by atoms with Crippen molar-refractivity contribution in [2.45, 2.75) is 63.8 Å². The van der Waals surface area contributed by atoms with Gasteiger partial charge in [-0.05, 0) is 31.6 Å². The average Bonchev–Trinajstić information content (AvgIpc) is 2.73. The molecule has 1 amide bonds. The van der Waals surface area contributed by atoms with Gasteiger partial charge in [-0.15, -0.1) is 0 Å². The van der Waals surface area contributed by atoms with Gasteiger partial charge in [0.15, 0.2) is 0 Å². The molecule has 4 nitrogen and oxygen atoms in total. The van der Waals surface area contributed by atoms with E-state index in [2.05, 4.69) is 12.2 Å². The smallest absolute Gasteiger partial charge is 0.221 e. The molecule has 0 aromatic carbocycles.